The Kier molecular flexibility index (Phi) is 4.01. The van der Waals surface area contributed by atoms with Crippen molar-refractivity contribution < 1.29 is 17.6 Å². The molecule has 3 heterocycles. The second-order valence-corrected chi connectivity index (χ2v) is 5.66. The van der Waals surface area contributed by atoms with Crippen LogP contribution in [0.15, 0.2) is 0 Å². The Balaban J connectivity index is 1.86. The van der Waals surface area contributed by atoms with Crippen LogP contribution in [0.4, 0.5) is 23.2 Å². The van der Waals surface area contributed by atoms with Crippen LogP contribution in [0.2, 0.25) is 0 Å². The number of nitrogens with zero attached hydrogens (tertiary/aromatic N) is 3. The van der Waals surface area contributed by atoms with Crippen LogP contribution in [0, 0.1) is 23.5 Å². The minimum Gasteiger partial charge on any atom is -0.365 e. The van der Waals surface area contributed by atoms with Crippen molar-refractivity contribution in [2.24, 2.45) is 0 Å². The minimum atomic E-state index is -1.59. The van der Waals surface area contributed by atoms with Gasteiger partial charge in [0.1, 0.15) is 5.69 Å². The van der Waals surface area contributed by atoms with E-state index < -0.39 is 29.2 Å². The molecule has 0 aromatic carbocycles. The first-order chi connectivity index (χ1) is 10.1. The van der Waals surface area contributed by atoms with Crippen molar-refractivity contribution in [1.29, 1.82) is 0 Å². The Morgan fingerprint density at radius 2 is 1.48 bits per heavy atom. The lowest BCUT2D eigenvalue weighted by Gasteiger charge is -2.38. The van der Waals surface area contributed by atoms with Gasteiger partial charge in [0.05, 0.1) is 0 Å². The lowest BCUT2D eigenvalue weighted by atomic mass is 10.0. The molecule has 0 aliphatic carbocycles. The van der Waals surface area contributed by atoms with E-state index in [4.69, 9.17) is 0 Å². The summed E-state index contributed by atoms with van der Waals surface area (Å²) in [4.78, 5) is 6.30. The Labute approximate surface area is 120 Å². The third-order valence-corrected chi connectivity index (χ3v) is 4.34. The standard InChI is InChI=1S/C14H17F4N3/c15-10-12(11(16)14(18)19-13(10)17)21-7-3-4-9(8-21)20-5-1-2-6-20/h9H,1-8H2. The molecule has 3 nitrogen and oxygen atoms in total. The van der Waals surface area contributed by atoms with Crippen LogP contribution >= 0.6 is 0 Å². The van der Waals surface area contributed by atoms with E-state index in [0.29, 0.717) is 13.1 Å². The molecule has 2 saturated heterocycles. The van der Waals surface area contributed by atoms with Gasteiger partial charge in [-0.2, -0.15) is 22.5 Å². The van der Waals surface area contributed by atoms with Crippen LogP contribution in [-0.4, -0.2) is 42.1 Å². The molecule has 0 radical (unpaired) electrons. The number of hydrogen-bond donors (Lipinski definition) is 0. The molecule has 0 bridgehead atoms. The Morgan fingerprint density at radius 1 is 0.857 bits per heavy atom. The van der Waals surface area contributed by atoms with Crippen LogP contribution in [0.1, 0.15) is 25.7 Å². The SMILES string of the molecule is Fc1nc(F)c(F)c(N2CCCC(N3CCCC3)C2)c1F. The molecule has 0 N–H and O–H groups in total. The predicted molar refractivity (Wildman–Crippen MR) is 70.1 cm³/mol. The van der Waals surface area contributed by atoms with Crippen molar-refractivity contribution in [2.45, 2.75) is 31.7 Å². The topological polar surface area (TPSA) is 19.4 Å². The number of piperidine rings is 1. The molecule has 116 valence electrons. The van der Waals surface area contributed by atoms with Crippen molar-refractivity contribution >= 4 is 5.69 Å². The first-order valence-electron chi connectivity index (χ1n) is 7.27. The number of halogens is 4. The van der Waals surface area contributed by atoms with Gasteiger partial charge in [-0.3, -0.25) is 4.90 Å². The molecule has 2 aliphatic heterocycles. The summed E-state index contributed by atoms with van der Waals surface area (Å²) in [6.07, 6.45) is 3.93. The van der Waals surface area contributed by atoms with Crippen LogP contribution < -0.4 is 4.90 Å². The van der Waals surface area contributed by atoms with E-state index in [1.165, 1.54) is 4.90 Å². The van der Waals surface area contributed by atoms with Crippen molar-refractivity contribution in [3.05, 3.63) is 23.5 Å². The van der Waals surface area contributed by atoms with Crippen LogP contribution in [-0.2, 0) is 0 Å². The fraction of sp³-hybridized carbons (Fsp3) is 0.643. The average Bonchev–Trinajstić information content (AvgIpc) is 3.00. The zero-order chi connectivity index (χ0) is 15.0. The molecule has 1 atom stereocenters. The Bertz CT molecular complexity index is 505. The lowest BCUT2D eigenvalue weighted by Crippen LogP contribution is -2.47. The van der Waals surface area contributed by atoms with E-state index in [-0.39, 0.29) is 6.04 Å². The lowest BCUT2D eigenvalue weighted by molar-refractivity contribution is 0.214. The summed E-state index contributed by atoms with van der Waals surface area (Å²) in [6.45, 7) is 2.73. The highest BCUT2D eigenvalue weighted by atomic mass is 19.2. The van der Waals surface area contributed by atoms with Crippen LogP contribution in [0.5, 0.6) is 0 Å². The summed E-state index contributed by atoms with van der Waals surface area (Å²) in [6, 6.07) is 0.180. The summed E-state index contributed by atoms with van der Waals surface area (Å²) < 4.78 is 54.2. The monoisotopic (exact) mass is 303 g/mol. The molecular formula is C14H17F4N3. The molecule has 21 heavy (non-hydrogen) atoms. The Hall–Kier alpha value is -1.37. The number of rotatable bonds is 2. The molecule has 0 spiro atoms. The van der Waals surface area contributed by atoms with Gasteiger partial charge in [0.15, 0.2) is 0 Å². The fourth-order valence-corrected chi connectivity index (χ4v) is 3.32. The molecule has 1 aromatic rings. The molecular weight excluding hydrogens is 286 g/mol. The molecule has 0 saturated carbocycles. The molecule has 3 rings (SSSR count). The van der Waals surface area contributed by atoms with Gasteiger partial charge in [-0.25, -0.2) is 0 Å². The van der Waals surface area contributed by atoms with Crippen molar-refractivity contribution in [2.75, 3.05) is 31.1 Å². The first-order valence-corrected chi connectivity index (χ1v) is 7.27. The van der Waals surface area contributed by atoms with E-state index in [1.807, 2.05) is 0 Å². The van der Waals surface area contributed by atoms with Gasteiger partial charge in [-0.1, -0.05) is 0 Å². The minimum absolute atomic E-state index is 0.180. The van der Waals surface area contributed by atoms with E-state index in [2.05, 4.69) is 9.88 Å². The highest BCUT2D eigenvalue weighted by molar-refractivity contribution is 5.49. The zero-order valence-corrected chi connectivity index (χ0v) is 11.6. The quantitative estimate of drug-likeness (QED) is 0.618. The second kappa shape index (κ2) is 5.79. The molecule has 1 aromatic heterocycles. The third-order valence-electron chi connectivity index (χ3n) is 4.34. The van der Waals surface area contributed by atoms with Gasteiger partial charge >= 0.3 is 0 Å². The summed E-state index contributed by atoms with van der Waals surface area (Å²) in [7, 11) is 0. The molecule has 2 fully saturated rings. The maximum absolute atomic E-state index is 13.8. The van der Waals surface area contributed by atoms with Gasteiger partial charge in [-0.15, -0.1) is 0 Å². The van der Waals surface area contributed by atoms with E-state index in [1.54, 1.807) is 0 Å². The van der Waals surface area contributed by atoms with Gasteiger partial charge in [-0.05, 0) is 38.8 Å². The molecule has 0 amide bonds. The molecule has 2 aliphatic rings. The Morgan fingerprint density at radius 3 is 2.10 bits per heavy atom. The second-order valence-electron chi connectivity index (χ2n) is 5.66. The maximum Gasteiger partial charge on any atom is 0.253 e. The number of anilines is 1. The van der Waals surface area contributed by atoms with Crippen molar-refractivity contribution in [3.8, 4) is 0 Å². The molecule has 1 unspecified atom stereocenters. The van der Waals surface area contributed by atoms with E-state index >= 15 is 0 Å². The molecule has 7 heteroatoms. The van der Waals surface area contributed by atoms with E-state index in [9.17, 15) is 17.6 Å². The van der Waals surface area contributed by atoms with Gasteiger partial charge < -0.3 is 4.90 Å². The average molecular weight is 303 g/mol. The summed E-state index contributed by atoms with van der Waals surface area (Å²) >= 11 is 0. The van der Waals surface area contributed by atoms with Gasteiger partial charge in [0.25, 0.3) is 11.9 Å². The first kappa shape index (κ1) is 14.6. The van der Waals surface area contributed by atoms with Crippen molar-refractivity contribution in [3.63, 3.8) is 0 Å². The van der Waals surface area contributed by atoms with E-state index in [0.717, 1.165) is 38.8 Å². The summed E-state index contributed by atoms with van der Waals surface area (Å²) in [5.74, 6) is -5.99. The summed E-state index contributed by atoms with van der Waals surface area (Å²) in [5, 5.41) is 0. The van der Waals surface area contributed by atoms with Crippen LogP contribution in [0.25, 0.3) is 0 Å². The number of aromatic nitrogens is 1. The van der Waals surface area contributed by atoms with Crippen molar-refractivity contribution in [1.82, 2.24) is 9.88 Å². The van der Waals surface area contributed by atoms with Gasteiger partial charge in [0, 0.05) is 19.1 Å². The number of hydrogen-bond acceptors (Lipinski definition) is 3. The highest BCUT2D eigenvalue weighted by Gasteiger charge is 2.32. The number of likely N-dealkylation sites (tertiary alicyclic amines) is 1. The predicted octanol–water partition coefficient (Wildman–Crippen LogP) is 2.70. The normalized spacial score (nSPS) is 23.8. The fourth-order valence-electron chi connectivity index (χ4n) is 3.32. The smallest absolute Gasteiger partial charge is 0.253 e. The number of pyridine rings is 1. The third kappa shape index (κ3) is 2.71. The highest BCUT2D eigenvalue weighted by Crippen LogP contribution is 2.30. The van der Waals surface area contributed by atoms with Gasteiger partial charge in [0.2, 0.25) is 11.6 Å². The van der Waals surface area contributed by atoms with Crippen LogP contribution in [0.3, 0.4) is 0 Å². The maximum atomic E-state index is 13.8. The zero-order valence-electron chi connectivity index (χ0n) is 11.6. The largest absolute Gasteiger partial charge is 0.365 e. The summed E-state index contributed by atoms with van der Waals surface area (Å²) in [5.41, 5.74) is -0.621.